The summed E-state index contributed by atoms with van der Waals surface area (Å²) in [5.41, 5.74) is 4.01. The highest BCUT2D eigenvalue weighted by Gasteiger charge is 2.24. The maximum absolute atomic E-state index is 12.2. The SMILES string of the molecule is O=C1Nc2cc(Cl)ccc2/C1=C/c1cnn(Cc2ccccc2Cl)c1. The van der Waals surface area contributed by atoms with E-state index in [2.05, 4.69) is 10.4 Å². The van der Waals surface area contributed by atoms with E-state index in [4.69, 9.17) is 23.2 Å². The smallest absolute Gasteiger partial charge is 0.256 e. The van der Waals surface area contributed by atoms with Crippen molar-refractivity contribution in [2.75, 3.05) is 5.32 Å². The zero-order chi connectivity index (χ0) is 17.4. The van der Waals surface area contributed by atoms with Gasteiger partial charge >= 0.3 is 0 Å². The van der Waals surface area contributed by atoms with Crippen LogP contribution in [0.4, 0.5) is 5.69 Å². The summed E-state index contributed by atoms with van der Waals surface area (Å²) < 4.78 is 1.79. The van der Waals surface area contributed by atoms with Crippen LogP contribution in [0.1, 0.15) is 16.7 Å². The Hall–Kier alpha value is -2.56. The maximum atomic E-state index is 12.2. The Balaban J connectivity index is 1.62. The van der Waals surface area contributed by atoms with Crippen molar-refractivity contribution in [2.24, 2.45) is 0 Å². The predicted octanol–water partition coefficient (Wildman–Crippen LogP) is 4.73. The highest BCUT2D eigenvalue weighted by atomic mass is 35.5. The Morgan fingerprint density at radius 3 is 2.84 bits per heavy atom. The third kappa shape index (κ3) is 3.18. The average molecular weight is 370 g/mol. The van der Waals surface area contributed by atoms with Crippen LogP contribution in [-0.2, 0) is 11.3 Å². The van der Waals surface area contributed by atoms with E-state index in [0.717, 1.165) is 22.4 Å². The zero-order valence-electron chi connectivity index (χ0n) is 13.0. The van der Waals surface area contributed by atoms with E-state index in [-0.39, 0.29) is 5.91 Å². The highest BCUT2D eigenvalue weighted by Crippen LogP contribution is 2.34. The van der Waals surface area contributed by atoms with Gasteiger partial charge in [-0.05, 0) is 29.8 Å². The molecule has 1 aromatic heterocycles. The fourth-order valence-corrected chi connectivity index (χ4v) is 3.19. The number of halogens is 2. The van der Waals surface area contributed by atoms with Gasteiger partial charge in [0, 0.05) is 32.9 Å². The third-order valence-electron chi connectivity index (χ3n) is 4.02. The Labute approximate surface area is 154 Å². The first-order valence-corrected chi connectivity index (χ1v) is 8.44. The van der Waals surface area contributed by atoms with Gasteiger partial charge in [0.15, 0.2) is 0 Å². The first-order valence-electron chi connectivity index (χ1n) is 7.69. The van der Waals surface area contributed by atoms with Gasteiger partial charge in [-0.1, -0.05) is 47.5 Å². The maximum Gasteiger partial charge on any atom is 0.256 e. The van der Waals surface area contributed by atoms with Gasteiger partial charge in [0.2, 0.25) is 0 Å². The van der Waals surface area contributed by atoms with Gasteiger partial charge in [-0.2, -0.15) is 5.10 Å². The summed E-state index contributed by atoms with van der Waals surface area (Å²) in [6.45, 7) is 0.571. The largest absolute Gasteiger partial charge is 0.321 e. The van der Waals surface area contributed by atoms with Crippen LogP contribution < -0.4 is 5.32 Å². The lowest BCUT2D eigenvalue weighted by molar-refractivity contribution is -0.110. The van der Waals surface area contributed by atoms with E-state index in [1.807, 2.05) is 42.6 Å². The number of carbonyl (C=O) groups excluding carboxylic acids is 1. The quantitative estimate of drug-likeness (QED) is 0.678. The van der Waals surface area contributed by atoms with Gasteiger partial charge in [0.1, 0.15) is 0 Å². The van der Waals surface area contributed by atoms with E-state index in [9.17, 15) is 4.79 Å². The van der Waals surface area contributed by atoms with Crippen molar-refractivity contribution in [3.8, 4) is 0 Å². The van der Waals surface area contributed by atoms with E-state index in [1.54, 1.807) is 23.0 Å². The monoisotopic (exact) mass is 369 g/mol. The number of rotatable bonds is 3. The van der Waals surface area contributed by atoms with Crippen molar-refractivity contribution in [3.05, 3.63) is 81.6 Å². The molecule has 2 heterocycles. The summed E-state index contributed by atoms with van der Waals surface area (Å²) in [5.74, 6) is -0.142. The normalized spacial score (nSPS) is 14.6. The first-order chi connectivity index (χ1) is 12.1. The second-order valence-corrected chi connectivity index (χ2v) is 6.61. The molecule has 0 radical (unpaired) electrons. The van der Waals surface area contributed by atoms with Crippen molar-refractivity contribution in [1.29, 1.82) is 0 Å². The Morgan fingerprint density at radius 1 is 1.16 bits per heavy atom. The molecule has 1 amide bonds. The fraction of sp³-hybridized carbons (Fsp3) is 0.0526. The van der Waals surface area contributed by atoms with Crippen LogP contribution in [-0.4, -0.2) is 15.7 Å². The van der Waals surface area contributed by atoms with Gasteiger partial charge in [0.05, 0.1) is 18.4 Å². The standard InChI is InChI=1S/C19H13Cl2N3O/c20-14-5-6-15-16(19(25)23-18(15)8-14)7-12-9-22-24(10-12)11-13-3-1-2-4-17(13)21/h1-10H,11H2,(H,23,25)/b16-7-. The van der Waals surface area contributed by atoms with Gasteiger partial charge in [0.25, 0.3) is 5.91 Å². The number of nitrogens with zero attached hydrogens (tertiary/aromatic N) is 2. The molecule has 4 rings (SSSR count). The summed E-state index contributed by atoms with van der Waals surface area (Å²) >= 11 is 12.2. The van der Waals surface area contributed by atoms with Crippen molar-refractivity contribution < 1.29 is 4.79 Å². The van der Waals surface area contributed by atoms with Crippen LogP contribution in [0.3, 0.4) is 0 Å². The van der Waals surface area contributed by atoms with Crippen LogP contribution in [0.5, 0.6) is 0 Å². The Kier molecular flexibility index (Phi) is 4.07. The minimum atomic E-state index is -0.142. The molecule has 2 aromatic carbocycles. The molecular weight excluding hydrogens is 357 g/mol. The Bertz CT molecular complexity index is 1010. The van der Waals surface area contributed by atoms with Gasteiger partial charge < -0.3 is 5.32 Å². The molecule has 0 saturated carbocycles. The second-order valence-electron chi connectivity index (χ2n) is 5.76. The summed E-state index contributed by atoms with van der Waals surface area (Å²) in [6, 6.07) is 13.0. The molecule has 4 nitrogen and oxygen atoms in total. The number of amides is 1. The lowest BCUT2D eigenvalue weighted by atomic mass is 10.1. The van der Waals surface area contributed by atoms with Crippen LogP contribution in [0.25, 0.3) is 11.6 Å². The first kappa shape index (κ1) is 15.9. The van der Waals surface area contributed by atoms with Crippen molar-refractivity contribution >= 4 is 46.4 Å². The summed E-state index contributed by atoms with van der Waals surface area (Å²) in [6.07, 6.45) is 5.44. The van der Waals surface area contributed by atoms with Gasteiger partial charge in [-0.15, -0.1) is 0 Å². The number of hydrogen-bond acceptors (Lipinski definition) is 2. The van der Waals surface area contributed by atoms with Gasteiger partial charge in [-0.25, -0.2) is 0 Å². The lowest BCUT2D eigenvalue weighted by Gasteiger charge is -2.03. The second kappa shape index (κ2) is 6.39. The molecule has 3 aromatic rings. The molecule has 124 valence electrons. The number of fused-ring (bicyclic) bond motifs is 1. The summed E-state index contributed by atoms with van der Waals surface area (Å²) in [7, 11) is 0. The molecule has 0 aliphatic carbocycles. The Morgan fingerprint density at radius 2 is 2.00 bits per heavy atom. The summed E-state index contributed by atoms with van der Waals surface area (Å²) in [5, 5.41) is 8.47. The highest BCUT2D eigenvalue weighted by molar-refractivity contribution is 6.36. The van der Waals surface area contributed by atoms with Crippen LogP contribution in [0.15, 0.2) is 54.9 Å². The zero-order valence-corrected chi connectivity index (χ0v) is 14.6. The van der Waals surface area contributed by atoms with Crippen molar-refractivity contribution in [3.63, 3.8) is 0 Å². The number of nitrogens with one attached hydrogen (secondary N) is 1. The van der Waals surface area contributed by atoms with E-state index in [1.165, 1.54) is 0 Å². The van der Waals surface area contributed by atoms with Crippen LogP contribution in [0.2, 0.25) is 10.0 Å². The molecule has 0 unspecified atom stereocenters. The molecular formula is C19H13Cl2N3O. The van der Waals surface area contributed by atoms with E-state index >= 15 is 0 Å². The topological polar surface area (TPSA) is 46.9 Å². The minimum absolute atomic E-state index is 0.142. The van der Waals surface area contributed by atoms with Crippen LogP contribution >= 0.6 is 23.2 Å². The third-order valence-corrected chi connectivity index (χ3v) is 4.62. The number of hydrogen-bond donors (Lipinski definition) is 1. The predicted molar refractivity (Wildman–Crippen MR) is 101 cm³/mol. The van der Waals surface area contributed by atoms with E-state index < -0.39 is 0 Å². The molecule has 1 aliphatic rings. The minimum Gasteiger partial charge on any atom is -0.321 e. The van der Waals surface area contributed by atoms with Crippen molar-refractivity contribution in [2.45, 2.75) is 6.54 Å². The number of benzene rings is 2. The lowest BCUT2D eigenvalue weighted by Crippen LogP contribution is -2.03. The molecule has 0 saturated heterocycles. The van der Waals surface area contributed by atoms with Gasteiger partial charge in [-0.3, -0.25) is 9.48 Å². The molecule has 1 aliphatic heterocycles. The molecule has 1 N–H and O–H groups in total. The molecule has 0 spiro atoms. The number of aromatic nitrogens is 2. The van der Waals surface area contributed by atoms with Crippen LogP contribution in [0, 0.1) is 0 Å². The van der Waals surface area contributed by atoms with Crippen molar-refractivity contribution in [1.82, 2.24) is 9.78 Å². The number of anilines is 1. The fourth-order valence-electron chi connectivity index (χ4n) is 2.82. The average Bonchev–Trinajstić information content (AvgIpc) is 3.14. The van der Waals surface area contributed by atoms with E-state index in [0.29, 0.717) is 22.2 Å². The molecule has 0 fully saturated rings. The molecule has 6 heteroatoms. The number of carbonyl (C=O) groups is 1. The molecule has 0 atom stereocenters. The molecule has 25 heavy (non-hydrogen) atoms. The summed E-state index contributed by atoms with van der Waals surface area (Å²) in [4.78, 5) is 12.2. The molecule has 0 bridgehead atoms.